The number of non-ortho nitro benzene ring substituents is 1. The van der Waals surface area contributed by atoms with Crippen molar-refractivity contribution in [1.29, 1.82) is 0 Å². The minimum atomic E-state index is -0.470. The molecule has 0 saturated carbocycles. The fourth-order valence-electron chi connectivity index (χ4n) is 3.55. The second kappa shape index (κ2) is 8.85. The van der Waals surface area contributed by atoms with Gasteiger partial charge in [0, 0.05) is 17.7 Å². The Hall–Kier alpha value is -4.26. The van der Waals surface area contributed by atoms with Gasteiger partial charge in [-0.1, -0.05) is 49.4 Å². The van der Waals surface area contributed by atoms with Crippen LogP contribution in [-0.4, -0.2) is 20.4 Å². The normalized spacial score (nSPS) is 11.5. The number of nitrogens with zero attached hydrogens (tertiary/aromatic N) is 3. The summed E-state index contributed by atoms with van der Waals surface area (Å²) in [6.45, 7) is 3.90. The highest BCUT2D eigenvalue weighted by atomic mass is 16.6. The maximum absolute atomic E-state index is 13.4. The van der Waals surface area contributed by atoms with Crippen LogP contribution in [0.25, 0.3) is 16.9 Å². The Morgan fingerprint density at radius 3 is 2.25 bits per heavy atom. The number of aliphatic imine (C=N–C) groups is 1. The third kappa shape index (κ3) is 4.13. The van der Waals surface area contributed by atoms with Gasteiger partial charge in [0.1, 0.15) is 0 Å². The quantitative estimate of drug-likeness (QED) is 0.253. The van der Waals surface area contributed by atoms with E-state index < -0.39 is 4.92 Å². The van der Waals surface area contributed by atoms with E-state index in [1.54, 1.807) is 12.1 Å². The van der Waals surface area contributed by atoms with Crippen molar-refractivity contribution in [2.24, 2.45) is 4.99 Å². The lowest BCUT2D eigenvalue weighted by Gasteiger charge is -2.03. The van der Waals surface area contributed by atoms with Crippen molar-refractivity contribution in [3.8, 4) is 16.9 Å². The van der Waals surface area contributed by atoms with Crippen LogP contribution in [0, 0.1) is 10.1 Å². The van der Waals surface area contributed by atoms with Gasteiger partial charge in [-0.15, -0.1) is 0 Å². The van der Waals surface area contributed by atoms with Crippen LogP contribution in [0.15, 0.2) is 88.6 Å². The summed E-state index contributed by atoms with van der Waals surface area (Å²) in [6, 6.07) is 23.3. The number of nitro benzene ring substituents is 1. The van der Waals surface area contributed by atoms with Gasteiger partial charge in [0.25, 0.3) is 11.2 Å². The zero-order chi connectivity index (χ0) is 22.7. The smallest absolute Gasteiger partial charge is 0.280 e. The molecule has 0 aliphatic heterocycles. The lowest BCUT2D eigenvalue weighted by molar-refractivity contribution is -0.384. The predicted molar refractivity (Wildman–Crippen MR) is 126 cm³/mol. The Morgan fingerprint density at radius 1 is 1.00 bits per heavy atom. The van der Waals surface area contributed by atoms with Crippen molar-refractivity contribution < 1.29 is 4.92 Å². The molecule has 0 fully saturated rings. The Labute approximate surface area is 184 Å². The molecule has 7 heteroatoms. The third-order valence-electron chi connectivity index (χ3n) is 5.27. The van der Waals surface area contributed by atoms with Gasteiger partial charge in [0.15, 0.2) is 0 Å². The van der Waals surface area contributed by atoms with Crippen molar-refractivity contribution in [3.63, 3.8) is 0 Å². The van der Waals surface area contributed by atoms with Gasteiger partial charge in [-0.2, -0.15) is 0 Å². The highest BCUT2D eigenvalue weighted by Crippen LogP contribution is 2.24. The first kappa shape index (κ1) is 21.0. The van der Waals surface area contributed by atoms with E-state index >= 15 is 0 Å². The molecule has 0 radical (unpaired) electrons. The molecule has 0 saturated heterocycles. The molecule has 0 atom stereocenters. The molecular formula is C25H22N4O3. The number of rotatable bonds is 6. The van der Waals surface area contributed by atoms with Crippen molar-refractivity contribution in [2.75, 3.05) is 0 Å². The van der Waals surface area contributed by atoms with Gasteiger partial charge in [-0.3, -0.25) is 25.0 Å². The summed E-state index contributed by atoms with van der Waals surface area (Å²) in [5.41, 5.74) is 4.69. The predicted octanol–water partition coefficient (Wildman–Crippen LogP) is 5.44. The maximum Gasteiger partial charge on any atom is 0.280 e. The van der Waals surface area contributed by atoms with Crippen LogP contribution in [0.3, 0.4) is 0 Å². The van der Waals surface area contributed by atoms with Crippen LogP contribution >= 0.6 is 0 Å². The second-order valence-electron chi connectivity index (χ2n) is 7.36. The standard InChI is InChI=1S/C25H22N4O3/c1-3-18-9-11-20(12-10-18)26-17(2)23-24(19-7-5-4-6-8-19)27-28(25(23)30)21-13-15-22(16-14-21)29(31)32/h4-16,27H,3H2,1-2H3. The fourth-order valence-corrected chi connectivity index (χ4v) is 3.55. The summed E-state index contributed by atoms with van der Waals surface area (Å²) in [4.78, 5) is 28.6. The van der Waals surface area contributed by atoms with E-state index in [-0.39, 0.29) is 11.2 Å². The van der Waals surface area contributed by atoms with E-state index in [0.717, 1.165) is 17.7 Å². The molecule has 4 aromatic rings. The van der Waals surface area contributed by atoms with E-state index in [1.807, 2.05) is 61.5 Å². The number of nitro groups is 1. The summed E-state index contributed by atoms with van der Waals surface area (Å²) < 4.78 is 1.39. The average Bonchev–Trinajstić information content (AvgIpc) is 3.17. The number of H-pyrrole nitrogens is 1. The van der Waals surface area contributed by atoms with Crippen LogP contribution in [-0.2, 0) is 6.42 Å². The minimum Gasteiger partial charge on any atom is -0.290 e. The summed E-state index contributed by atoms with van der Waals surface area (Å²) in [7, 11) is 0. The maximum atomic E-state index is 13.4. The van der Waals surface area contributed by atoms with E-state index in [1.165, 1.54) is 22.4 Å². The molecule has 3 aromatic carbocycles. The molecular weight excluding hydrogens is 404 g/mol. The lowest BCUT2D eigenvalue weighted by atomic mass is 10.1. The molecule has 160 valence electrons. The fraction of sp³-hybridized carbons (Fsp3) is 0.120. The largest absolute Gasteiger partial charge is 0.290 e. The SMILES string of the molecule is CCc1ccc(N=C(C)c2c(-c3ccccc3)[nH]n(-c3ccc([N+](=O)[O-])cc3)c2=O)cc1. The number of aromatic nitrogens is 2. The van der Waals surface area contributed by atoms with E-state index in [9.17, 15) is 14.9 Å². The van der Waals surface area contributed by atoms with Gasteiger partial charge in [0.05, 0.1) is 33.3 Å². The Balaban J connectivity index is 1.85. The number of aryl methyl sites for hydroxylation is 1. The van der Waals surface area contributed by atoms with Crippen molar-refractivity contribution in [1.82, 2.24) is 9.78 Å². The molecule has 4 rings (SSSR count). The van der Waals surface area contributed by atoms with Gasteiger partial charge < -0.3 is 0 Å². The monoisotopic (exact) mass is 426 g/mol. The van der Waals surface area contributed by atoms with Crippen LogP contribution in [0.1, 0.15) is 25.0 Å². The molecule has 0 spiro atoms. The van der Waals surface area contributed by atoms with Gasteiger partial charge in [-0.05, 0) is 43.2 Å². The molecule has 0 unspecified atom stereocenters. The zero-order valence-electron chi connectivity index (χ0n) is 17.8. The Kier molecular flexibility index (Phi) is 5.81. The first-order valence-corrected chi connectivity index (χ1v) is 10.3. The second-order valence-corrected chi connectivity index (χ2v) is 7.36. The topological polar surface area (TPSA) is 93.3 Å². The number of aromatic amines is 1. The molecule has 1 aromatic heterocycles. The van der Waals surface area contributed by atoms with Crippen LogP contribution < -0.4 is 5.56 Å². The minimum absolute atomic E-state index is 0.0369. The zero-order valence-corrected chi connectivity index (χ0v) is 17.8. The molecule has 7 nitrogen and oxygen atoms in total. The lowest BCUT2D eigenvalue weighted by Crippen LogP contribution is -2.19. The van der Waals surface area contributed by atoms with Crippen molar-refractivity contribution >= 4 is 17.1 Å². The molecule has 0 aliphatic carbocycles. The summed E-state index contributed by atoms with van der Waals surface area (Å²) in [6.07, 6.45) is 0.943. The Morgan fingerprint density at radius 2 is 1.66 bits per heavy atom. The third-order valence-corrected chi connectivity index (χ3v) is 5.27. The Bertz CT molecular complexity index is 1330. The number of hydrogen-bond donors (Lipinski definition) is 1. The van der Waals surface area contributed by atoms with E-state index in [2.05, 4.69) is 12.0 Å². The highest BCUT2D eigenvalue weighted by Gasteiger charge is 2.19. The molecule has 1 N–H and O–H groups in total. The van der Waals surface area contributed by atoms with Gasteiger partial charge >= 0.3 is 0 Å². The van der Waals surface area contributed by atoms with E-state index in [0.29, 0.717) is 22.7 Å². The van der Waals surface area contributed by atoms with E-state index in [4.69, 9.17) is 4.99 Å². The first-order chi connectivity index (χ1) is 15.5. The van der Waals surface area contributed by atoms with Crippen molar-refractivity contribution in [2.45, 2.75) is 20.3 Å². The summed E-state index contributed by atoms with van der Waals surface area (Å²) in [5, 5.41) is 14.1. The van der Waals surface area contributed by atoms with Crippen molar-refractivity contribution in [3.05, 3.63) is 110 Å². The van der Waals surface area contributed by atoms with Crippen LogP contribution in [0.5, 0.6) is 0 Å². The molecule has 1 heterocycles. The first-order valence-electron chi connectivity index (χ1n) is 10.3. The van der Waals surface area contributed by atoms with Gasteiger partial charge in [-0.25, -0.2) is 4.68 Å². The van der Waals surface area contributed by atoms with Crippen LogP contribution in [0.2, 0.25) is 0 Å². The summed E-state index contributed by atoms with van der Waals surface area (Å²) >= 11 is 0. The number of benzene rings is 3. The molecule has 32 heavy (non-hydrogen) atoms. The molecule has 0 aliphatic rings. The van der Waals surface area contributed by atoms with Crippen LogP contribution in [0.4, 0.5) is 11.4 Å². The van der Waals surface area contributed by atoms with Gasteiger partial charge in [0.2, 0.25) is 0 Å². The molecule has 0 amide bonds. The highest BCUT2D eigenvalue weighted by molar-refractivity contribution is 6.04. The average molecular weight is 426 g/mol. The molecule has 0 bridgehead atoms. The number of nitrogens with one attached hydrogen (secondary N) is 1. The number of hydrogen-bond acceptors (Lipinski definition) is 4. The summed E-state index contributed by atoms with van der Waals surface area (Å²) in [5.74, 6) is 0.